The molecule has 0 amide bonds. The summed E-state index contributed by atoms with van der Waals surface area (Å²) in [6, 6.07) is 16.2. The molecule has 0 aliphatic heterocycles. The largest absolute Gasteiger partial charge is 0.441 e. The molecule has 4 rings (SSSR count). The quantitative estimate of drug-likeness (QED) is 0.511. The van der Waals surface area contributed by atoms with Crippen LogP contribution in [0.25, 0.3) is 22.8 Å². The second-order valence-electron chi connectivity index (χ2n) is 5.62. The lowest BCUT2D eigenvalue weighted by atomic mass is 10.2. The lowest BCUT2D eigenvalue weighted by Crippen LogP contribution is -1.86. The van der Waals surface area contributed by atoms with Crippen LogP contribution in [0.15, 0.2) is 64.2 Å². The molecule has 0 aliphatic rings. The number of halogens is 1. The van der Waals surface area contributed by atoms with Crippen LogP contribution in [0, 0.1) is 12.7 Å². The minimum atomic E-state index is -0.333. The Balaban J connectivity index is 1.49. The van der Waals surface area contributed by atoms with Crippen molar-refractivity contribution in [3.63, 3.8) is 0 Å². The molecule has 130 valence electrons. The van der Waals surface area contributed by atoms with E-state index in [1.807, 2.05) is 37.3 Å². The topological polar surface area (TPSA) is 67.6 Å². The monoisotopic (exact) mass is 366 g/mol. The molecule has 0 fully saturated rings. The first kappa shape index (κ1) is 16.5. The number of aromatic nitrogens is 4. The number of H-pyrrole nitrogens is 1. The highest BCUT2D eigenvalue weighted by molar-refractivity contribution is 7.98. The van der Waals surface area contributed by atoms with Gasteiger partial charge in [-0.3, -0.25) is 5.10 Å². The highest BCUT2D eigenvalue weighted by Crippen LogP contribution is 2.27. The number of oxazole rings is 1. The van der Waals surface area contributed by atoms with Gasteiger partial charge in [-0.1, -0.05) is 42.1 Å². The lowest BCUT2D eigenvalue weighted by molar-refractivity contribution is 0.540. The molecule has 0 unspecified atom stereocenters. The van der Waals surface area contributed by atoms with Gasteiger partial charge in [-0.15, -0.1) is 5.10 Å². The second-order valence-corrected chi connectivity index (χ2v) is 6.57. The average molecular weight is 366 g/mol. The summed E-state index contributed by atoms with van der Waals surface area (Å²) in [5.41, 5.74) is 2.17. The van der Waals surface area contributed by atoms with Gasteiger partial charge < -0.3 is 4.42 Å². The van der Waals surface area contributed by atoms with Crippen LogP contribution < -0.4 is 0 Å². The van der Waals surface area contributed by atoms with Gasteiger partial charge in [0.2, 0.25) is 11.0 Å². The predicted molar refractivity (Wildman–Crippen MR) is 98.0 cm³/mol. The fourth-order valence-corrected chi connectivity index (χ4v) is 3.28. The van der Waals surface area contributed by atoms with E-state index in [1.54, 1.807) is 18.2 Å². The first-order valence-corrected chi connectivity index (χ1v) is 9.01. The number of hydrogen-bond donors (Lipinski definition) is 1. The fraction of sp³-hybridized carbons (Fsp3) is 0.105. The predicted octanol–water partition coefficient (Wildman–Crippen LogP) is 4.87. The molecule has 4 aromatic rings. The van der Waals surface area contributed by atoms with E-state index in [0.29, 0.717) is 28.2 Å². The Morgan fingerprint density at radius 3 is 2.62 bits per heavy atom. The zero-order valence-electron chi connectivity index (χ0n) is 13.9. The molecule has 0 spiro atoms. The van der Waals surface area contributed by atoms with Crippen molar-refractivity contribution in [1.29, 1.82) is 0 Å². The van der Waals surface area contributed by atoms with Crippen molar-refractivity contribution in [2.45, 2.75) is 17.8 Å². The van der Waals surface area contributed by atoms with Gasteiger partial charge in [-0.25, -0.2) is 14.4 Å². The number of nitrogens with zero attached hydrogens (tertiary/aromatic N) is 3. The molecule has 26 heavy (non-hydrogen) atoms. The van der Waals surface area contributed by atoms with Gasteiger partial charge in [0.05, 0.1) is 11.3 Å². The van der Waals surface area contributed by atoms with Crippen LogP contribution in [0.2, 0.25) is 0 Å². The molecule has 5 nitrogen and oxygen atoms in total. The summed E-state index contributed by atoms with van der Waals surface area (Å²) in [7, 11) is 0. The molecule has 0 bridgehead atoms. The fourth-order valence-electron chi connectivity index (χ4n) is 2.48. The highest BCUT2D eigenvalue weighted by atomic mass is 32.2. The Labute approximate surface area is 153 Å². The summed E-state index contributed by atoms with van der Waals surface area (Å²) in [5.74, 6) is 2.01. The SMILES string of the molecule is Cc1oc(-c2ccccc2)nc1CSc1n[nH]c(-c2ccccc2F)n1. The lowest BCUT2D eigenvalue weighted by Gasteiger charge is -1.96. The van der Waals surface area contributed by atoms with Gasteiger partial charge in [0.15, 0.2) is 5.82 Å². The van der Waals surface area contributed by atoms with E-state index in [1.165, 1.54) is 17.8 Å². The maximum absolute atomic E-state index is 13.8. The average Bonchev–Trinajstić information content (AvgIpc) is 3.28. The van der Waals surface area contributed by atoms with Crippen LogP contribution in [-0.4, -0.2) is 20.2 Å². The number of thioether (sulfide) groups is 1. The molecule has 0 atom stereocenters. The summed E-state index contributed by atoms with van der Waals surface area (Å²) < 4.78 is 19.6. The number of aromatic amines is 1. The molecule has 7 heteroatoms. The van der Waals surface area contributed by atoms with E-state index in [0.717, 1.165) is 17.0 Å². The van der Waals surface area contributed by atoms with Crippen LogP contribution in [0.3, 0.4) is 0 Å². The molecular formula is C19H15FN4OS. The first-order valence-electron chi connectivity index (χ1n) is 8.02. The van der Waals surface area contributed by atoms with Crippen molar-refractivity contribution >= 4 is 11.8 Å². The maximum Gasteiger partial charge on any atom is 0.226 e. The third kappa shape index (κ3) is 3.39. The van der Waals surface area contributed by atoms with E-state index >= 15 is 0 Å². The Hall–Kier alpha value is -2.93. The number of rotatable bonds is 5. The van der Waals surface area contributed by atoms with Gasteiger partial charge in [0.25, 0.3) is 0 Å². The van der Waals surface area contributed by atoms with Crippen molar-refractivity contribution in [1.82, 2.24) is 20.2 Å². The Morgan fingerprint density at radius 2 is 1.81 bits per heavy atom. The van der Waals surface area contributed by atoms with E-state index in [2.05, 4.69) is 20.2 Å². The van der Waals surface area contributed by atoms with Crippen molar-refractivity contribution in [3.05, 3.63) is 71.9 Å². The second kappa shape index (κ2) is 7.13. The molecule has 0 saturated carbocycles. The number of benzene rings is 2. The minimum absolute atomic E-state index is 0.333. The van der Waals surface area contributed by atoms with Gasteiger partial charge >= 0.3 is 0 Å². The van der Waals surface area contributed by atoms with Gasteiger partial charge in [0.1, 0.15) is 11.6 Å². The van der Waals surface area contributed by atoms with Gasteiger partial charge in [-0.05, 0) is 31.2 Å². The number of hydrogen-bond acceptors (Lipinski definition) is 5. The molecule has 0 saturated heterocycles. The number of aryl methyl sites for hydroxylation is 1. The standard InChI is InChI=1S/C19H15FN4OS/c1-12-16(21-18(25-12)13-7-3-2-4-8-13)11-26-19-22-17(23-24-19)14-9-5-6-10-15(14)20/h2-10H,11H2,1H3,(H,22,23,24). The van der Waals surface area contributed by atoms with E-state index in [-0.39, 0.29) is 5.82 Å². The normalized spacial score (nSPS) is 11.0. The molecule has 1 N–H and O–H groups in total. The summed E-state index contributed by atoms with van der Waals surface area (Å²) >= 11 is 1.42. The van der Waals surface area contributed by atoms with E-state index in [9.17, 15) is 4.39 Å². The Morgan fingerprint density at radius 1 is 1.04 bits per heavy atom. The van der Waals surface area contributed by atoms with Crippen molar-refractivity contribution < 1.29 is 8.81 Å². The molecule has 0 aliphatic carbocycles. The van der Waals surface area contributed by atoms with Crippen LogP contribution in [0.1, 0.15) is 11.5 Å². The summed E-state index contributed by atoms with van der Waals surface area (Å²) in [5, 5.41) is 7.46. The maximum atomic E-state index is 13.8. The van der Waals surface area contributed by atoms with Crippen LogP contribution in [0.4, 0.5) is 4.39 Å². The van der Waals surface area contributed by atoms with Gasteiger partial charge in [-0.2, -0.15) is 0 Å². The zero-order valence-corrected chi connectivity index (χ0v) is 14.8. The molecule has 0 radical (unpaired) electrons. The van der Waals surface area contributed by atoms with Crippen molar-refractivity contribution in [2.75, 3.05) is 0 Å². The Bertz CT molecular complexity index is 1030. The van der Waals surface area contributed by atoms with E-state index in [4.69, 9.17) is 4.42 Å². The Kier molecular flexibility index (Phi) is 4.53. The number of nitrogens with one attached hydrogen (secondary N) is 1. The first-order chi connectivity index (χ1) is 12.7. The smallest absolute Gasteiger partial charge is 0.226 e. The summed E-state index contributed by atoms with van der Waals surface area (Å²) in [6.45, 7) is 1.89. The molecule has 2 aromatic heterocycles. The molecule has 2 heterocycles. The third-order valence-electron chi connectivity index (χ3n) is 3.85. The van der Waals surface area contributed by atoms with Crippen molar-refractivity contribution in [3.8, 4) is 22.8 Å². The van der Waals surface area contributed by atoms with E-state index < -0.39 is 0 Å². The van der Waals surface area contributed by atoms with Crippen LogP contribution >= 0.6 is 11.8 Å². The van der Waals surface area contributed by atoms with Gasteiger partial charge in [0, 0.05) is 11.3 Å². The molecular weight excluding hydrogens is 351 g/mol. The van der Waals surface area contributed by atoms with Crippen LogP contribution in [-0.2, 0) is 5.75 Å². The zero-order chi connectivity index (χ0) is 17.9. The van der Waals surface area contributed by atoms with Crippen molar-refractivity contribution in [2.24, 2.45) is 0 Å². The molecule has 2 aromatic carbocycles. The summed E-state index contributed by atoms with van der Waals surface area (Å²) in [6.07, 6.45) is 0. The summed E-state index contributed by atoms with van der Waals surface area (Å²) in [4.78, 5) is 8.91. The minimum Gasteiger partial charge on any atom is -0.441 e. The highest BCUT2D eigenvalue weighted by Gasteiger charge is 2.14. The third-order valence-corrected chi connectivity index (χ3v) is 4.70. The van der Waals surface area contributed by atoms with Crippen LogP contribution in [0.5, 0.6) is 0 Å².